The fourth-order valence-electron chi connectivity index (χ4n) is 2.01. The number of benzene rings is 1. The molecule has 0 aliphatic carbocycles. The van der Waals surface area contributed by atoms with Crippen LogP contribution in [-0.4, -0.2) is 12.6 Å². The van der Waals surface area contributed by atoms with Gasteiger partial charge in [0.1, 0.15) is 5.75 Å². The highest BCUT2D eigenvalue weighted by molar-refractivity contribution is 5.29. The van der Waals surface area contributed by atoms with E-state index in [1.54, 1.807) is 0 Å². The molecule has 0 saturated heterocycles. The standard InChI is InChI=1S/C16H27NO/c1-5-7-13(3)18-16-10-8-15(9-11-16)14(4)17-12-6-2/h8-11,13-14,17H,5-7,12H2,1-4H3. The molecule has 0 radical (unpaired) electrons. The molecule has 2 heteroatoms. The second-order valence-electron chi connectivity index (χ2n) is 4.96. The Morgan fingerprint density at radius 1 is 1.06 bits per heavy atom. The van der Waals surface area contributed by atoms with E-state index in [1.807, 2.05) is 0 Å². The van der Waals surface area contributed by atoms with Gasteiger partial charge in [0.2, 0.25) is 0 Å². The van der Waals surface area contributed by atoms with E-state index < -0.39 is 0 Å². The molecule has 1 aromatic carbocycles. The van der Waals surface area contributed by atoms with Crippen LogP contribution in [0.2, 0.25) is 0 Å². The summed E-state index contributed by atoms with van der Waals surface area (Å²) < 4.78 is 5.85. The SMILES string of the molecule is CCCNC(C)c1ccc(OC(C)CCC)cc1. The van der Waals surface area contributed by atoms with Crippen molar-refractivity contribution in [3.8, 4) is 5.75 Å². The summed E-state index contributed by atoms with van der Waals surface area (Å²) in [6, 6.07) is 8.87. The second-order valence-corrected chi connectivity index (χ2v) is 4.96. The molecule has 0 bridgehead atoms. The van der Waals surface area contributed by atoms with Crippen molar-refractivity contribution in [3.05, 3.63) is 29.8 Å². The molecular weight excluding hydrogens is 222 g/mol. The first-order valence-corrected chi connectivity index (χ1v) is 7.17. The quantitative estimate of drug-likeness (QED) is 0.741. The van der Waals surface area contributed by atoms with Gasteiger partial charge in [0.25, 0.3) is 0 Å². The van der Waals surface area contributed by atoms with Crippen molar-refractivity contribution in [2.45, 2.75) is 59.1 Å². The van der Waals surface area contributed by atoms with Crippen molar-refractivity contribution in [2.75, 3.05) is 6.54 Å². The van der Waals surface area contributed by atoms with Gasteiger partial charge >= 0.3 is 0 Å². The van der Waals surface area contributed by atoms with Crippen LogP contribution in [0.1, 0.15) is 58.6 Å². The molecule has 2 nitrogen and oxygen atoms in total. The van der Waals surface area contributed by atoms with Crippen LogP contribution in [0.5, 0.6) is 5.75 Å². The van der Waals surface area contributed by atoms with Crippen molar-refractivity contribution in [1.29, 1.82) is 0 Å². The summed E-state index contributed by atoms with van der Waals surface area (Å²) in [5.74, 6) is 0.974. The van der Waals surface area contributed by atoms with Gasteiger partial charge in [-0.05, 0) is 50.9 Å². The predicted octanol–water partition coefficient (Wildman–Crippen LogP) is 4.31. The van der Waals surface area contributed by atoms with Crippen LogP contribution in [0.25, 0.3) is 0 Å². The van der Waals surface area contributed by atoms with Crippen molar-refractivity contribution < 1.29 is 4.74 Å². The van der Waals surface area contributed by atoms with E-state index in [0.29, 0.717) is 12.1 Å². The van der Waals surface area contributed by atoms with Crippen LogP contribution in [0.4, 0.5) is 0 Å². The molecule has 0 saturated carbocycles. The third-order valence-corrected chi connectivity index (χ3v) is 3.11. The summed E-state index contributed by atoms with van der Waals surface area (Å²) >= 11 is 0. The van der Waals surface area contributed by atoms with Gasteiger partial charge in [-0.15, -0.1) is 0 Å². The van der Waals surface area contributed by atoms with Gasteiger partial charge in [-0.1, -0.05) is 32.4 Å². The van der Waals surface area contributed by atoms with Crippen molar-refractivity contribution >= 4 is 0 Å². The summed E-state index contributed by atoms with van der Waals surface area (Å²) in [5, 5.41) is 3.49. The van der Waals surface area contributed by atoms with E-state index in [1.165, 1.54) is 12.0 Å². The largest absolute Gasteiger partial charge is 0.491 e. The minimum atomic E-state index is 0.302. The maximum absolute atomic E-state index is 5.85. The maximum atomic E-state index is 5.85. The van der Waals surface area contributed by atoms with E-state index in [9.17, 15) is 0 Å². The van der Waals surface area contributed by atoms with Crippen LogP contribution in [0.3, 0.4) is 0 Å². The van der Waals surface area contributed by atoms with Gasteiger partial charge in [-0.3, -0.25) is 0 Å². The smallest absolute Gasteiger partial charge is 0.119 e. The fourth-order valence-corrected chi connectivity index (χ4v) is 2.01. The molecular formula is C16H27NO. The molecule has 0 aliphatic rings. The monoisotopic (exact) mass is 249 g/mol. The molecule has 18 heavy (non-hydrogen) atoms. The number of rotatable bonds is 8. The molecule has 0 amide bonds. The third-order valence-electron chi connectivity index (χ3n) is 3.11. The molecule has 0 fully saturated rings. The Morgan fingerprint density at radius 2 is 1.72 bits per heavy atom. The Balaban J connectivity index is 2.51. The Hall–Kier alpha value is -1.02. The van der Waals surface area contributed by atoms with Gasteiger partial charge in [-0.2, -0.15) is 0 Å². The maximum Gasteiger partial charge on any atom is 0.119 e. The summed E-state index contributed by atoms with van der Waals surface area (Å²) in [6.07, 6.45) is 3.74. The highest BCUT2D eigenvalue weighted by Gasteiger charge is 2.06. The zero-order valence-corrected chi connectivity index (χ0v) is 12.2. The van der Waals surface area contributed by atoms with Crippen molar-refractivity contribution in [1.82, 2.24) is 5.32 Å². The van der Waals surface area contributed by atoms with Crippen LogP contribution in [0, 0.1) is 0 Å². The van der Waals surface area contributed by atoms with Crippen molar-refractivity contribution in [3.63, 3.8) is 0 Å². The first-order valence-electron chi connectivity index (χ1n) is 7.17. The summed E-state index contributed by atoms with van der Waals surface area (Å²) in [5.41, 5.74) is 1.32. The average Bonchev–Trinajstić information content (AvgIpc) is 2.37. The van der Waals surface area contributed by atoms with E-state index >= 15 is 0 Å². The lowest BCUT2D eigenvalue weighted by Gasteiger charge is -2.16. The van der Waals surface area contributed by atoms with E-state index in [0.717, 1.165) is 25.1 Å². The van der Waals surface area contributed by atoms with Gasteiger partial charge in [0, 0.05) is 6.04 Å². The molecule has 2 atom stereocenters. The number of hydrogen-bond donors (Lipinski definition) is 1. The second kappa shape index (κ2) is 8.15. The fraction of sp³-hybridized carbons (Fsp3) is 0.625. The van der Waals surface area contributed by atoms with Crippen LogP contribution < -0.4 is 10.1 Å². The molecule has 102 valence electrons. The molecule has 2 unspecified atom stereocenters. The Bertz CT molecular complexity index is 320. The van der Waals surface area contributed by atoms with Crippen molar-refractivity contribution in [2.24, 2.45) is 0 Å². The molecule has 0 aliphatic heterocycles. The first kappa shape index (κ1) is 15.0. The van der Waals surface area contributed by atoms with Crippen LogP contribution in [0.15, 0.2) is 24.3 Å². The van der Waals surface area contributed by atoms with Gasteiger partial charge in [-0.25, -0.2) is 0 Å². The highest BCUT2D eigenvalue weighted by atomic mass is 16.5. The van der Waals surface area contributed by atoms with Crippen LogP contribution >= 0.6 is 0 Å². The van der Waals surface area contributed by atoms with Gasteiger partial charge in [0.15, 0.2) is 0 Å². The highest BCUT2D eigenvalue weighted by Crippen LogP contribution is 2.19. The average molecular weight is 249 g/mol. The van der Waals surface area contributed by atoms with Gasteiger partial charge < -0.3 is 10.1 Å². The summed E-state index contributed by atoms with van der Waals surface area (Å²) in [7, 11) is 0. The normalized spacial score (nSPS) is 14.2. The molecule has 0 spiro atoms. The number of ether oxygens (including phenoxy) is 1. The summed E-state index contributed by atoms with van der Waals surface area (Å²) in [6.45, 7) is 9.76. The number of hydrogen-bond acceptors (Lipinski definition) is 2. The van der Waals surface area contributed by atoms with Crippen LogP contribution in [-0.2, 0) is 0 Å². The Morgan fingerprint density at radius 3 is 2.28 bits per heavy atom. The molecule has 0 aromatic heterocycles. The lowest BCUT2D eigenvalue weighted by atomic mass is 10.1. The number of nitrogens with one attached hydrogen (secondary N) is 1. The van der Waals surface area contributed by atoms with Gasteiger partial charge in [0.05, 0.1) is 6.10 Å². The molecule has 1 rings (SSSR count). The van der Waals surface area contributed by atoms with E-state index in [4.69, 9.17) is 4.74 Å². The van der Waals surface area contributed by atoms with E-state index in [-0.39, 0.29) is 0 Å². The topological polar surface area (TPSA) is 21.3 Å². The zero-order chi connectivity index (χ0) is 13.4. The molecule has 0 heterocycles. The summed E-state index contributed by atoms with van der Waals surface area (Å²) in [4.78, 5) is 0. The third kappa shape index (κ3) is 5.09. The Labute approximate surface area is 112 Å². The lowest BCUT2D eigenvalue weighted by molar-refractivity contribution is 0.210. The lowest BCUT2D eigenvalue weighted by Crippen LogP contribution is -2.19. The predicted molar refractivity (Wildman–Crippen MR) is 78.1 cm³/mol. The van der Waals surface area contributed by atoms with E-state index in [2.05, 4.69) is 57.3 Å². The Kier molecular flexibility index (Phi) is 6.81. The zero-order valence-electron chi connectivity index (χ0n) is 12.2. The molecule has 1 aromatic rings. The first-order chi connectivity index (χ1) is 8.67. The minimum Gasteiger partial charge on any atom is -0.491 e. The minimum absolute atomic E-state index is 0.302. The molecule has 1 N–H and O–H groups in total.